The van der Waals surface area contributed by atoms with Crippen LogP contribution in [0.1, 0.15) is 10.4 Å². The van der Waals surface area contributed by atoms with E-state index in [0.29, 0.717) is 5.16 Å². The third-order valence-electron chi connectivity index (χ3n) is 2.47. The zero-order chi connectivity index (χ0) is 14.0. The number of thioether (sulfide) groups is 1. The molecule has 0 saturated carbocycles. The number of aromatic nitrogens is 3. The first-order chi connectivity index (χ1) is 8.99. The van der Waals surface area contributed by atoms with Gasteiger partial charge in [-0.1, -0.05) is 11.8 Å². The van der Waals surface area contributed by atoms with Gasteiger partial charge in [0.05, 0.1) is 5.75 Å². The number of hydrogen-bond acceptors (Lipinski definition) is 6. The summed E-state index contributed by atoms with van der Waals surface area (Å²) in [5, 5.41) is 24.9. The van der Waals surface area contributed by atoms with Crippen LogP contribution in [-0.4, -0.2) is 36.5 Å². The summed E-state index contributed by atoms with van der Waals surface area (Å²) in [6, 6.07) is 3.86. The molecule has 8 heteroatoms. The number of Topliss-reactive ketones (excluding diaryl/α,β-unsaturated/α-hetero) is 1. The Hall–Kier alpha value is -2.22. The van der Waals surface area contributed by atoms with E-state index in [2.05, 4.69) is 10.2 Å². The van der Waals surface area contributed by atoms with Crippen molar-refractivity contribution >= 4 is 17.5 Å². The molecule has 1 heterocycles. The van der Waals surface area contributed by atoms with E-state index in [0.717, 1.165) is 11.8 Å². The average Bonchev–Trinajstić information content (AvgIpc) is 2.70. The molecule has 2 rings (SSSR count). The third kappa shape index (κ3) is 2.79. The number of rotatable bonds is 4. The summed E-state index contributed by atoms with van der Waals surface area (Å²) in [5.41, 5.74) is -0.0689. The van der Waals surface area contributed by atoms with E-state index in [9.17, 15) is 14.7 Å². The van der Waals surface area contributed by atoms with Crippen LogP contribution < -0.4 is 5.69 Å². The second-order valence-electron chi connectivity index (χ2n) is 3.79. The standard InChI is InChI=1S/C11H11N3O4S/c1-14-10(18)12-13-11(14)19-5-9(17)6-2-3-7(15)8(16)4-6/h2-4,15-16H,5H2,1H3,(H,12,18). The maximum Gasteiger partial charge on any atom is 0.343 e. The lowest BCUT2D eigenvalue weighted by molar-refractivity contribution is 0.102. The molecule has 0 spiro atoms. The molecule has 100 valence electrons. The van der Waals surface area contributed by atoms with E-state index in [1.165, 1.54) is 22.8 Å². The third-order valence-corrected chi connectivity index (χ3v) is 3.50. The van der Waals surface area contributed by atoms with E-state index in [4.69, 9.17) is 5.11 Å². The Balaban J connectivity index is 2.07. The van der Waals surface area contributed by atoms with Crippen molar-refractivity contribution in [3.8, 4) is 11.5 Å². The van der Waals surface area contributed by atoms with E-state index >= 15 is 0 Å². The molecular weight excluding hydrogens is 270 g/mol. The van der Waals surface area contributed by atoms with Gasteiger partial charge in [-0.2, -0.15) is 0 Å². The molecule has 7 nitrogen and oxygen atoms in total. The highest BCUT2D eigenvalue weighted by Crippen LogP contribution is 2.25. The van der Waals surface area contributed by atoms with Crippen LogP contribution in [0.25, 0.3) is 0 Å². The molecule has 0 radical (unpaired) electrons. The number of carbonyl (C=O) groups is 1. The van der Waals surface area contributed by atoms with Crippen LogP contribution in [0, 0.1) is 0 Å². The molecule has 0 unspecified atom stereocenters. The number of nitrogens with zero attached hydrogens (tertiary/aromatic N) is 2. The van der Waals surface area contributed by atoms with Crippen molar-refractivity contribution in [3.05, 3.63) is 34.2 Å². The molecule has 0 amide bonds. The van der Waals surface area contributed by atoms with E-state index in [-0.39, 0.29) is 34.3 Å². The number of hydrogen-bond donors (Lipinski definition) is 3. The van der Waals surface area contributed by atoms with Gasteiger partial charge in [-0.05, 0) is 18.2 Å². The zero-order valence-corrected chi connectivity index (χ0v) is 10.8. The molecule has 0 aliphatic carbocycles. The monoisotopic (exact) mass is 281 g/mol. The van der Waals surface area contributed by atoms with Gasteiger partial charge in [0.2, 0.25) is 0 Å². The van der Waals surface area contributed by atoms with E-state index in [1.54, 1.807) is 7.05 Å². The van der Waals surface area contributed by atoms with Crippen LogP contribution in [0.3, 0.4) is 0 Å². The van der Waals surface area contributed by atoms with Crippen LogP contribution in [-0.2, 0) is 7.05 Å². The first kappa shape index (κ1) is 13.2. The molecule has 0 aliphatic rings. The van der Waals surface area contributed by atoms with Gasteiger partial charge in [-0.25, -0.2) is 9.89 Å². The molecule has 1 aromatic carbocycles. The first-order valence-electron chi connectivity index (χ1n) is 5.28. The number of phenols is 2. The summed E-state index contributed by atoms with van der Waals surface area (Å²) in [6.07, 6.45) is 0. The summed E-state index contributed by atoms with van der Waals surface area (Å²) in [7, 11) is 1.55. The van der Waals surface area contributed by atoms with Crippen LogP contribution in [0.2, 0.25) is 0 Å². The molecule has 0 fully saturated rings. The predicted molar refractivity (Wildman–Crippen MR) is 68.7 cm³/mol. The number of phenolic OH excluding ortho intramolecular Hbond substituents is 2. The number of ketones is 1. The number of carbonyl (C=O) groups excluding carboxylic acids is 1. The number of aromatic amines is 1. The second kappa shape index (κ2) is 5.19. The molecule has 0 aliphatic heterocycles. The summed E-state index contributed by atoms with van der Waals surface area (Å²) in [6.45, 7) is 0. The summed E-state index contributed by atoms with van der Waals surface area (Å²) in [4.78, 5) is 23.0. The van der Waals surface area contributed by atoms with Gasteiger partial charge in [-0.3, -0.25) is 9.36 Å². The summed E-state index contributed by atoms with van der Waals surface area (Å²) in [5.74, 6) is -0.791. The highest BCUT2D eigenvalue weighted by atomic mass is 32.2. The molecule has 2 aromatic rings. The van der Waals surface area contributed by atoms with Gasteiger partial charge >= 0.3 is 5.69 Å². The van der Waals surface area contributed by atoms with Crippen LogP contribution in [0.15, 0.2) is 28.2 Å². The normalized spacial score (nSPS) is 10.6. The molecule has 0 bridgehead atoms. The van der Waals surface area contributed by atoms with Gasteiger partial charge in [0.25, 0.3) is 0 Å². The first-order valence-corrected chi connectivity index (χ1v) is 6.27. The topological polar surface area (TPSA) is 108 Å². The fourth-order valence-electron chi connectivity index (χ4n) is 1.37. The summed E-state index contributed by atoms with van der Waals surface area (Å²) >= 11 is 1.11. The van der Waals surface area contributed by atoms with Crippen molar-refractivity contribution in [3.63, 3.8) is 0 Å². The predicted octanol–water partition coefficient (Wildman–Crippen LogP) is 0.495. The highest BCUT2D eigenvalue weighted by Gasteiger charge is 2.12. The van der Waals surface area contributed by atoms with E-state index in [1.807, 2.05) is 0 Å². The Morgan fingerprint density at radius 2 is 2.16 bits per heavy atom. The minimum atomic E-state index is -0.350. The van der Waals surface area contributed by atoms with Crippen molar-refractivity contribution in [1.82, 2.24) is 14.8 Å². The lowest BCUT2D eigenvalue weighted by atomic mass is 10.1. The smallest absolute Gasteiger partial charge is 0.343 e. The number of H-pyrrole nitrogens is 1. The maximum absolute atomic E-state index is 11.9. The quantitative estimate of drug-likeness (QED) is 0.428. The number of benzene rings is 1. The van der Waals surface area contributed by atoms with Crippen LogP contribution in [0.5, 0.6) is 11.5 Å². The van der Waals surface area contributed by atoms with Crippen molar-refractivity contribution in [1.29, 1.82) is 0 Å². The molecule has 0 saturated heterocycles. The zero-order valence-electron chi connectivity index (χ0n) is 9.95. The van der Waals surface area contributed by atoms with E-state index < -0.39 is 0 Å². The van der Waals surface area contributed by atoms with Crippen molar-refractivity contribution < 1.29 is 15.0 Å². The minimum Gasteiger partial charge on any atom is -0.504 e. The van der Waals surface area contributed by atoms with Crippen molar-refractivity contribution in [2.24, 2.45) is 7.05 Å². The van der Waals surface area contributed by atoms with Gasteiger partial charge in [-0.15, -0.1) is 5.10 Å². The molecular formula is C11H11N3O4S. The van der Waals surface area contributed by atoms with Gasteiger partial charge in [0.15, 0.2) is 22.4 Å². The summed E-state index contributed by atoms with van der Waals surface area (Å²) < 4.78 is 1.30. The molecule has 19 heavy (non-hydrogen) atoms. The SMILES string of the molecule is Cn1c(SCC(=O)c2ccc(O)c(O)c2)n[nH]c1=O. The van der Waals surface area contributed by atoms with Gasteiger partial charge in [0.1, 0.15) is 0 Å². The van der Waals surface area contributed by atoms with Crippen LogP contribution in [0.4, 0.5) is 0 Å². The molecule has 3 N–H and O–H groups in total. The lowest BCUT2D eigenvalue weighted by Crippen LogP contribution is -2.13. The van der Waals surface area contributed by atoms with Crippen molar-refractivity contribution in [2.45, 2.75) is 5.16 Å². The van der Waals surface area contributed by atoms with Gasteiger partial charge in [0, 0.05) is 12.6 Å². The Morgan fingerprint density at radius 1 is 1.42 bits per heavy atom. The Bertz CT molecular complexity index is 677. The van der Waals surface area contributed by atoms with Crippen LogP contribution >= 0.6 is 11.8 Å². The lowest BCUT2D eigenvalue weighted by Gasteiger charge is -2.02. The van der Waals surface area contributed by atoms with Gasteiger partial charge < -0.3 is 10.2 Å². The Labute approximate surface area is 111 Å². The second-order valence-corrected chi connectivity index (χ2v) is 4.73. The number of aromatic hydroxyl groups is 2. The molecule has 1 aromatic heterocycles. The fraction of sp³-hybridized carbons (Fsp3) is 0.182. The largest absolute Gasteiger partial charge is 0.504 e. The molecule has 0 atom stereocenters. The van der Waals surface area contributed by atoms with Crippen molar-refractivity contribution in [2.75, 3.05) is 5.75 Å². The Kier molecular flexibility index (Phi) is 3.61. The highest BCUT2D eigenvalue weighted by molar-refractivity contribution is 7.99. The average molecular weight is 281 g/mol. The minimum absolute atomic E-state index is 0.0718. The fourth-order valence-corrected chi connectivity index (χ4v) is 2.19. The maximum atomic E-state index is 11.9. The number of nitrogens with one attached hydrogen (secondary N) is 1. The Morgan fingerprint density at radius 3 is 2.74 bits per heavy atom.